The summed E-state index contributed by atoms with van der Waals surface area (Å²) in [6, 6.07) is 3.51. The number of aromatic nitrogens is 3. The topological polar surface area (TPSA) is 106 Å². The van der Waals surface area contributed by atoms with Gasteiger partial charge in [0.25, 0.3) is 5.89 Å². The number of nitrogens with two attached hydrogens (primary N) is 1. The quantitative estimate of drug-likeness (QED) is 0.750. The normalized spacial score (nSPS) is 10.7. The molecule has 0 atom stereocenters. The number of hydrogen-bond acceptors (Lipinski definition) is 9. The molecule has 1 aromatic carbocycles. The second-order valence-corrected chi connectivity index (χ2v) is 5.83. The predicted molar refractivity (Wildman–Crippen MR) is 89.6 cm³/mol. The lowest BCUT2D eigenvalue weighted by molar-refractivity contribution is 0.324. The van der Waals surface area contributed by atoms with Gasteiger partial charge in [-0.05, 0) is 19.1 Å². The molecular formula is C15H16N4O4S. The minimum absolute atomic E-state index is 0.366. The summed E-state index contributed by atoms with van der Waals surface area (Å²) in [6.07, 6.45) is 0. The number of anilines is 1. The Morgan fingerprint density at radius 2 is 1.71 bits per heavy atom. The van der Waals surface area contributed by atoms with E-state index in [9.17, 15) is 0 Å². The monoisotopic (exact) mass is 348 g/mol. The van der Waals surface area contributed by atoms with Gasteiger partial charge in [0.2, 0.25) is 11.6 Å². The molecule has 9 heteroatoms. The molecule has 0 saturated heterocycles. The lowest BCUT2D eigenvalue weighted by Crippen LogP contribution is -1.96. The molecule has 126 valence electrons. The summed E-state index contributed by atoms with van der Waals surface area (Å²) in [5.41, 5.74) is 7.14. The third kappa shape index (κ3) is 2.73. The first kappa shape index (κ1) is 16.1. The van der Waals surface area contributed by atoms with E-state index < -0.39 is 0 Å². The fraction of sp³-hybridized carbons (Fsp3) is 0.267. The molecule has 0 aliphatic heterocycles. The van der Waals surface area contributed by atoms with Crippen molar-refractivity contribution in [1.29, 1.82) is 0 Å². The van der Waals surface area contributed by atoms with Crippen molar-refractivity contribution in [2.24, 2.45) is 0 Å². The largest absolute Gasteiger partial charge is 0.493 e. The molecule has 0 unspecified atom stereocenters. The van der Waals surface area contributed by atoms with Gasteiger partial charge < -0.3 is 24.5 Å². The van der Waals surface area contributed by atoms with E-state index >= 15 is 0 Å². The summed E-state index contributed by atoms with van der Waals surface area (Å²) in [7, 11) is 4.64. The van der Waals surface area contributed by atoms with E-state index in [0.717, 1.165) is 10.6 Å². The molecule has 2 aromatic heterocycles. The number of thiazole rings is 1. The molecule has 0 amide bonds. The van der Waals surface area contributed by atoms with Gasteiger partial charge in [-0.2, -0.15) is 4.98 Å². The Morgan fingerprint density at radius 1 is 1.04 bits per heavy atom. The van der Waals surface area contributed by atoms with Gasteiger partial charge in [0.15, 0.2) is 16.6 Å². The summed E-state index contributed by atoms with van der Waals surface area (Å²) in [5, 5.41) is 4.47. The molecule has 3 rings (SSSR count). The van der Waals surface area contributed by atoms with Crippen molar-refractivity contribution in [1.82, 2.24) is 15.1 Å². The Balaban J connectivity index is 2.05. The second-order valence-electron chi connectivity index (χ2n) is 4.80. The summed E-state index contributed by atoms with van der Waals surface area (Å²) >= 11 is 1.30. The van der Waals surface area contributed by atoms with Crippen LogP contribution in [0.5, 0.6) is 17.2 Å². The zero-order chi connectivity index (χ0) is 17.3. The minimum Gasteiger partial charge on any atom is -0.493 e. The third-order valence-corrected chi connectivity index (χ3v) is 4.33. The smallest absolute Gasteiger partial charge is 0.270 e. The summed E-state index contributed by atoms with van der Waals surface area (Å²) < 4.78 is 21.3. The summed E-state index contributed by atoms with van der Waals surface area (Å²) in [6.45, 7) is 1.84. The molecule has 24 heavy (non-hydrogen) atoms. The van der Waals surface area contributed by atoms with E-state index in [4.69, 9.17) is 24.5 Å². The number of rotatable bonds is 5. The van der Waals surface area contributed by atoms with Gasteiger partial charge in [0.1, 0.15) is 4.88 Å². The molecule has 0 aliphatic rings. The molecule has 0 aliphatic carbocycles. The van der Waals surface area contributed by atoms with Crippen LogP contribution in [0.3, 0.4) is 0 Å². The molecule has 2 N–H and O–H groups in total. The van der Waals surface area contributed by atoms with Gasteiger partial charge in [-0.3, -0.25) is 0 Å². The first-order valence-electron chi connectivity index (χ1n) is 6.94. The van der Waals surface area contributed by atoms with Crippen LogP contribution < -0.4 is 19.9 Å². The number of aryl methyl sites for hydroxylation is 1. The zero-order valence-corrected chi connectivity index (χ0v) is 14.4. The van der Waals surface area contributed by atoms with Crippen molar-refractivity contribution >= 4 is 16.5 Å². The maximum atomic E-state index is 5.71. The highest BCUT2D eigenvalue weighted by Gasteiger charge is 2.19. The number of benzene rings is 1. The minimum atomic E-state index is 0.366. The Bertz CT molecular complexity index is 849. The van der Waals surface area contributed by atoms with Crippen LogP contribution in [0.2, 0.25) is 0 Å². The van der Waals surface area contributed by atoms with Crippen molar-refractivity contribution in [3.63, 3.8) is 0 Å². The standard InChI is InChI=1S/C15H16N4O4S/c1-7-12(24-15(16)17-7)14-18-13(19-23-14)8-5-9(20-2)11(22-4)10(6-8)21-3/h5-6H,1-4H3,(H2,16,17). The number of nitrogens with zero attached hydrogens (tertiary/aromatic N) is 3. The highest BCUT2D eigenvalue weighted by Crippen LogP contribution is 2.41. The molecule has 3 aromatic rings. The van der Waals surface area contributed by atoms with Gasteiger partial charge >= 0.3 is 0 Å². The molecule has 0 bridgehead atoms. The predicted octanol–water partition coefficient (Wildman–Crippen LogP) is 2.78. The summed E-state index contributed by atoms with van der Waals surface area (Å²) in [5.74, 6) is 2.28. The number of methoxy groups -OCH3 is 3. The Hall–Kier alpha value is -2.81. The van der Waals surface area contributed by atoms with Crippen LogP contribution in [-0.4, -0.2) is 36.5 Å². The second kappa shape index (κ2) is 6.36. The summed E-state index contributed by atoms with van der Waals surface area (Å²) in [4.78, 5) is 9.32. The Kier molecular flexibility index (Phi) is 4.26. The first-order chi connectivity index (χ1) is 11.6. The van der Waals surface area contributed by atoms with Crippen molar-refractivity contribution in [2.45, 2.75) is 6.92 Å². The van der Waals surface area contributed by atoms with E-state index in [1.807, 2.05) is 6.92 Å². The maximum absolute atomic E-state index is 5.71. The first-order valence-corrected chi connectivity index (χ1v) is 7.76. The highest BCUT2D eigenvalue weighted by atomic mass is 32.1. The molecule has 8 nitrogen and oxygen atoms in total. The molecule has 0 spiro atoms. The number of hydrogen-bond donors (Lipinski definition) is 1. The molecule has 0 saturated carbocycles. The van der Waals surface area contributed by atoms with Crippen LogP contribution in [0.15, 0.2) is 16.7 Å². The lowest BCUT2D eigenvalue weighted by atomic mass is 10.1. The zero-order valence-electron chi connectivity index (χ0n) is 13.6. The van der Waals surface area contributed by atoms with Crippen LogP contribution in [0.25, 0.3) is 22.2 Å². The average Bonchev–Trinajstić information content (AvgIpc) is 3.19. The van der Waals surface area contributed by atoms with E-state index in [2.05, 4.69) is 15.1 Å². The number of nitrogen functional groups attached to an aromatic ring is 1. The van der Waals surface area contributed by atoms with Gasteiger partial charge in [-0.1, -0.05) is 16.5 Å². The third-order valence-electron chi connectivity index (χ3n) is 3.36. The SMILES string of the molecule is COc1cc(-c2noc(-c3sc(N)nc3C)n2)cc(OC)c1OC. The molecule has 0 radical (unpaired) electrons. The van der Waals surface area contributed by atoms with Gasteiger partial charge in [-0.25, -0.2) is 4.98 Å². The van der Waals surface area contributed by atoms with Crippen molar-refractivity contribution in [3.05, 3.63) is 17.8 Å². The van der Waals surface area contributed by atoms with Gasteiger partial charge in [-0.15, -0.1) is 0 Å². The van der Waals surface area contributed by atoms with Crippen LogP contribution >= 0.6 is 11.3 Å². The molecular weight excluding hydrogens is 332 g/mol. The van der Waals surface area contributed by atoms with E-state index in [-0.39, 0.29) is 0 Å². The van der Waals surface area contributed by atoms with Crippen LogP contribution in [0, 0.1) is 6.92 Å². The fourth-order valence-corrected chi connectivity index (χ4v) is 3.01. The average molecular weight is 348 g/mol. The van der Waals surface area contributed by atoms with E-state index in [1.54, 1.807) is 33.5 Å². The Morgan fingerprint density at radius 3 is 2.21 bits per heavy atom. The van der Waals surface area contributed by atoms with Crippen LogP contribution in [-0.2, 0) is 0 Å². The van der Waals surface area contributed by atoms with E-state index in [0.29, 0.717) is 39.7 Å². The van der Waals surface area contributed by atoms with Crippen molar-refractivity contribution in [3.8, 4) is 39.4 Å². The van der Waals surface area contributed by atoms with Crippen LogP contribution in [0.1, 0.15) is 5.69 Å². The van der Waals surface area contributed by atoms with Gasteiger partial charge in [0, 0.05) is 5.56 Å². The maximum Gasteiger partial charge on any atom is 0.270 e. The van der Waals surface area contributed by atoms with Crippen LogP contribution in [0.4, 0.5) is 5.13 Å². The van der Waals surface area contributed by atoms with Crippen molar-refractivity contribution < 1.29 is 18.7 Å². The molecule has 2 heterocycles. The van der Waals surface area contributed by atoms with E-state index in [1.165, 1.54) is 11.3 Å². The fourth-order valence-electron chi connectivity index (χ4n) is 2.26. The van der Waals surface area contributed by atoms with Gasteiger partial charge in [0.05, 0.1) is 27.0 Å². The number of ether oxygens (including phenoxy) is 3. The Labute approximate surface area is 142 Å². The molecule has 0 fully saturated rings. The van der Waals surface area contributed by atoms with Crippen molar-refractivity contribution in [2.75, 3.05) is 27.1 Å². The lowest BCUT2D eigenvalue weighted by Gasteiger charge is -2.12. The highest BCUT2D eigenvalue weighted by molar-refractivity contribution is 7.18.